The van der Waals surface area contributed by atoms with Gasteiger partial charge >= 0.3 is 6.03 Å². The van der Waals surface area contributed by atoms with E-state index in [2.05, 4.69) is 0 Å². The summed E-state index contributed by atoms with van der Waals surface area (Å²) >= 11 is 1.40. The number of benzene rings is 1. The molecule has 1 aromatic carbocycles. The Bertz CT molecular complexity index is 652. The highest BCUT2D eigenvalue weighted by atomic mass is 32.1. The topological polar surface area (TPSA) is 40.6 Å². The average molecular weight is 286 g/mol. The smallest absolute Gasteiger partial charge is 0.323 e. The van der Waals surface area contributed by atoms with E-state index in [-0.39, 0.29) is 18.4 Å². The first-order chi connectivity index (χ1) is 9.66. The van der Waals surface area contributed by atoms with Crippen LogP contribution in [0.15, 0.2) is 41.8 Å². The van der Waals surface area contributed by atoms with Crippen LogP contribution in [0.3, 0.4) is 0 Å². The molecule has 0 saturated heterocycles. The first-order valence-corrected chi connectivity index (χ1v) is 7.22. The number of Topliss-reactive ketones (excluding diaryl/α,β-unsaturated/α-hetero) is 1. The van der Waals surface area contributed by atoms with Crippen LogP contribution in [-0.4, -0.2) is 30.3 Å². The fourth-order valence-corrected chi connectivity index (χ4v) is 3.01. The lowest BCUT2D eigenvalue weighted by Crippen LogP contribution is -2.47. The molecule has 102 valence electrons. The number of anilines is 1. The molecule has 0 fully saturated rings. The minimum absolute atomic E-state index is 0.0292. The highest BCUT2D eigenvalue weighted by Crippen LogP contribution is 2.28. The van der Waals surface area contributed by atoms with Crippen LogP contribution in [0.5, 0.6) is 0 Å². The molecular formula is C15H14N2O2S. The van der Waals surface area contributed by atoms with Gasteiger partial charge in [0.1, 0.15) is 0 Å². The molecule has 4 nitrogen and oxygen atoms in total. The number of carbonyl (C=O) groups is 2. The Kier molecular flexibility index (Phi) is 3.28. The molecule has 1 aliphatic heterocycles. The minimum atomic E-state index is -0.131. The van der Waals surface area contributed by atoms with E-state index in [4.69, 9.17) is 0 Å². The second-order valence-corrected chi connectivity index (χ2v) is 5.70. The zero-order valence-electron chi connectivity index (χ0n) is 11.1. The second-order valence-electron chi connectivity index (χ2n) is 4.75. The highest BCUT2D eigenvalue weighted by Gasteiger charge is 2.29. The standard InChI is InChI=1S/C15H14N2O2S/c1-16-9-11-5-2-3-6-12(11)17(15(16)19)10-13(18)14-7-4-8-20-14/h2-8H,9-10H2,1H3. The Morgan fingerprint density at radius 1 is 1.25 bits per heavy atom. The predicted octanol–water partition coefficient (Wildman–Crippen LogP) is 3.00. The van der Waals surface area contributed by atoms with E-state index in [1.807, 2.05) is 35.7 Å². The fraction of sp³-hybridized carbons (Fsp3) is 0.200. The van der Waals surface area contributed by atoms with Gasteiger partial charge in [-0.25, -0.2) is 4.79 Å². The maximum absolute atomic E-state index is 12.3. The van der Waals surface area contributed by atoms with Crippen LogP contribution in [0.1, 0.15) is 15.2 Å². The van der Waals surface area contributed by atoms with Crippen LogP contribution in [-0.2, 0) is 6.54 Å². The summed E-state index contributed by atoms with van der Waals surface area (Å²) in [6, 6.07) is 11.2. The molecule has 0 atom stereocenters. The van der Waals surface area contributed by atoms with Crippen molar-refractivity contribution >= 4 is 28.8 Å². The van der Waals surface area contributed by atoms with Gasteiger partial charge in [-0.3, -0.25) is 9.69 Å². The maximum atomic E-state index is 12.3. The van der Waals surface area contributed by atoms with Crippen molar-refractivity contribution in [3.63, 3.8) is 0 Å². The number of fused-ring (bicyclic) bond motifs is 1. The van der Waals surface area contributed by atoms with Crippen molar-refractivity contribution in [1.82, 2.24) is 4.90 Å². The molecule has 0 aliphatic carbocycles. The van der Waals surface area contributed by atoms with Crippen LogP contribution in [0, 0.1) is 0 Å². The van der Waals surface area contributed by atoms with Crippen molar-refractivity contribution in [2.45, 2.75) is 6.54 Å². The molecule has 1 aliphatic rings. The van der Waals surface area contributed by atoms with Gasteiger partial charge in [0, 0.05) is 13.6 Å². The molecule has 0 unspecified atom stereocenters. The number of thiophene rings is 1. The SMILES string of the molecule is CN1Cc2ccccc2N(CC(=O)c2cccs2)C1=O. The van der Waals surface area contributed by atoms with E-state index in [1.54, 1.807) is 22.9 Å². The summed E-state index contributed by atoms with van der Waals surface area (Å²) in [5.74, 6) is -0.0292. The number of nitrogens with zero attached hydrogens (tertiary/aromatic N) is 2. The van der Waals surface area contributed by atoms with Crippen LogP contribution < -0.4 is 4.90 Å². The lowest BCUT2D eigenvalue weighted by Gasteiger charge is -2.34. The van der Waals surface area contributed by atoms with Crippen LogP contribution in [0.2, 0.25) is 0 Å². The number of ketones is 1. The lowest BCUT2D eigenvalue weighted by atomic mass is 10.1. The van der Waals surface area contributed by atoms with Gasteiger partial charge in [-0.1, -0.05) is 24.3 Å². The third-order valence-electron chi connectivity index (χ3n) is 3.35. The van der Waals surface area contributed by atoms with E-state index in [1.165, 1.54) is 11.3 Å². The van der Waals surface area contributed by atoms with E-state index in [0.29, 0.717) is 11.4 Å². The van der Waals surface area contributed by atoms with E-state index in [0.717, 1.165) is 11.3 Å². The summed E-state index contributed by atoms with van der Waals surface area (Å²) < 4.78 is 0. The first-order valence-electron chi connectivity index (χ1n) is 6.34. The monoisotopic (exact) mass is 286 g/mol. The van der Waals surface area contributed by atoms with Crippen LogP contribution in [0.4, 0.5) is 10.5 Å². The van der Waals surface area contributed by atoms with Gasteiger partial charge < -0.3 is 4.90 Å². The van der Waals surface area contributed by atoms with Gasteiger partial charge in [-0.15, -0.1) is 11.3 Å². The number of amides is 2. The Balaban J connectivity index is 1.91. The Labute approximate surface area is 121 Å². The molecule has 0 radical (unpaired) electrons. The van der Waals surface area contributed by atoms with E-state index >= 15 is 0 Å². The first kappa shape index (κ1) is 12.9. The Morgan fingerprint density at radius 2 is 2.05 bits per heavy atom. The largest absolute Gasteiger partial charge is 0.324 e. The number of hydrogen-bond donors (Lipinski definition) is 0. The Hall–Kier alpha value is -2.14. The van der Waals surface area contributed by atoms with E-state index in [9.17, 15) is 9.59 Å². The van der Waals surface area contributed by atoms with Crippen molar-refractivity contribution in [3.05, 3.63) is 52.2 Å². The van der Waals surface area contributed by atoms with Crippen molar-refractivity contribution in [3.8, 4) is 0 Å². The molecule has 0 saturated carbocycles. The van der Waals surface area contributed by atoms with Crippen molar-refractivity contribution in [1.29, 1.82) is 0 Å². The van der Waals surface area contributed by atoms with Gasteiger partial charge in [0.2, 0.25) is 0 Å². The summed E-state index contributed by atoms with van der Waals surface area (Å²) in [5, 5.41) is 1.87. The van der Waals surface area contributed by atoms with Crippen molar-refractivity contribution in [2.75, 3.05) is 18.5 Å². The van der Waals surface area contributed by atoms with Crippen LogP contribution in [0.25, 0.3) is 0 Å². The molecule has 1 aromatic heterocycles. The van der Waals surface area contributed by atoms with Gasteiger partial charge in [0.05, 0.1) is 17.1 Å². The summed E-state index contributed by atoms with van der Waals surface area (Å²) in [6.07, 6.45) is 0. The third-order valence-corrected chi connectivity index (χ3v) is 4.26. The third kappa shape index (κ3) is 2.20. The molecule has 0 spiro atoms. The van der Waals surface area contributed by atoms with Gasteiger partial charge in [-0.05, 0) is 23.1 Å². The average Bonchev–Trinajstić information content (AvgIpc) is 2.98. The number of urea groups is 1. The molecule has 0 N–H and O–H groups in total. The molecule has 5 heteroatoms. The lowest BCUT2D eigenvalue weighted by molar-refractivity contribution is 0.100. The predicted molar refractivity (Wildman–Crippen MR) is 79.3 cm³/mol. The van der Waals surface area contributed by atoms with Crippen molar-refractivity contribution < 1.29 is 9.59 Å². The van der Waals surface area contributed by atoms with Gasteiger partial charge in [0.25, 0.3) is 0 Å². The highest BCUT2D eigenvalue weighted by molar-refractivity contribution is 7.12. The molecule has 3 rings (SSSR count). The number of carbonyl (C=O) groups excluding carboxylic acids is 2. The molecular weight excluding hydrogens is 272 g/mol. The quantitative estimate of drug-likeness (QED) is 0.814. The number of rotatable bonds is 3. The molecule has 2 amide bonds. The number of hydrogen-bond acceptors (Lipinski definition) is 3. The van der Waals surface area contributed by atoms with E-state index < -0.39 is 0 Å². The zero-order chi connectivity index (χ0) is 14.1. The molecule has 2 heterocycles. The van der Waals surface area contributed by atoms with Gasteiger partial charge in [-0.2, -0.15) is 0 Å². The fourth-order valence-electron chi connectivity index (χ4n) is 2.35. The van der Waals surface area contributed by atoms with Crippen molar-refractivity contribution in [2.24, 2.45) is 0 Å². The summed E-state index contributed by atoms with van der Waals surface area (Å²) in [6.45, 7) is 0.666. The summed E-state index contributed by atoms with van der Waals surface area (Å²) in [5.41, 5.74) is 1.90. The number of para-hydroxylation sites is 1. The molecule has 20 heavy (non-hydrogen) atoms. The zero-order valence-corrected chi connectivity index (χ0v) is 11.9. The Morgan fingerprint density at radius 3 is 2.80 bits per heavy atom. The summed E-state index contributed by atoms with van der Waals surface area (Å²) in [7, 11) is 1.75. The van der Waals surface area contributed by atoms with Gasteiger partial charge in [0.15, 0.2) is 5.78 Å². The molecule has 2 aromatic rings. The minimum Gasteiger partial charge on any atom is -0.323 e. The molecule has 0 bridgehead atoms. The summed E-state index contributed by atoms with van der Waals surface area (Å²) in [4.78, 5) is 28.4. The second kappa shape index (κ2) is 5.09. The van der Waals surface area contributed by atoms with Crippen LogP contribution >= 0.6 is 11.3 Å². The maximum Gasteiger partial charge on any atom is 0.324 e. The normalized spacial score (nSPS) is 14.3.